The third kappa shape index (κ3) is 2.86. The minimum atomic E-state index is -5.96. The van der Waals surface area contributed by atoms with Gasteiger partial charge in [0.25, 0.3) is 0 Å². The van der Waals surface area contributed by atoms with Crippen molar-refractivity contribution in [2.75, 3.05) is 0 Å². The smallest absolute Gasteiger partial charge is 0.376 e. The lowest BCUT2D eigenvalue weighted by atomic mass is 10.2. The SMILES string of the molecule is O=S(=O)(Oc1ccc2c3cc(F)cnc3n(C(F)F)c2c1)C(F)(F)F. The Balaban J connectivity index is 2.24. The first kappa shape index (κ1) is 17.3. The third-order valence-electron chi connectivity index (χ3n) is 3.26. The van der Waals surface area contributed by atoms with Gasteiger partial charge in [-0.25, -0.2) is 9.37 Å². The summed E-state index contributed by atoms with van der Waals surface area (Å²) < 4.78 is 103. The van der Waals surface area contributed by atoms with Gasteiger partial charge in [-0.3, -0.25) is 4.57 Å². The zero-order chi connectivity index (χ0) is 18.6. The molecule has 5 nitrogen and oxygen atoms in total. The van der Waals surface area contributed by atoms with Gasteiger partial charge >= 0.3 is 22.2 Å². The van der Waals surface area contributed by atoms with Crippen molar-refractivity contribution in [3.05, 3.63) is 36.3 Å². The molecule has 0 aliphatic carbocycles. The van der Waals surface area contributed by atoms with Crippen molar-refractivity contribution >= 4 is 32.1 Å². The zero-order valence-electron chi connectivity index (χ0n) is 11.8. The molecule has 2 aromatic heterocycles. The van der Waals surface area contributed by atoms with E-state index in [1.165, 1.54) is 0 Å². The van der Waals surface area contributed by atoms with Crippen molar-refractivity contribution in [2.45, 2.75) is 12.1 Å². The largest absolute Gasteiger partial charge is 0.534 e. The van der Waals surface area contributed by atoms with Gasteiger partial charge in [0.05, 0.1) is 11.7 Å². The molecule has 0 aliphatic heterocycles. The molecule has 134 valence electrons. The Hall–Kier alpha value is -2.50. The van der Waals surface area contributed by atoms with E-state index in [0.29, 0.717) is 16.8 Å². The van der Waals surface area contributed by atoms with Gasteiger partial charge in [0.1, 0.15) is 17.2 Å². The van der Waals surface area contributed by atoms with Gasteiger partial charge in [-0.1, -0.05) is 0 Å². The summed E-state index contributed by atoms with van der Waals surface area (Å²) >= 11 is 0. The zero-order valence-corrected chi connectivity index (χ0v) is 12.6. The first-order valence-corrected chi connectivity index (χ1v) is 7.80. The topological polar surface area (TPSA) is 61.2 Å². The summed E-state index contributed by atoms with van der Waals surface area (Å²) in [6.07, 6.45) is 0.700. The molecule has 0 atom stereocenters. The minimum absolute atomic E-state index is 0.0134. The molecule has 0 fully saturated rings. The van der Waals surface area contributed by atoms with E-state index in [9.17, 15) is 34.8 Å². The average molecular weight is 384 g/mol. The van der Waals surface area contributed by atoms with Crippen LogP contribution in [0.4, 0.5) is 26.3 Å². The highest BCUT2D eigenvalue weighted by molar-refractivity contribution is 7.88. The van der Waals surface area contributed by atoms with Crippen LogP contribution in [0.2, 0.25) is 0 Å². The summed E-state index contributed by atoms with van der Waals surface area (Å²) in [4.78, 5) is 3.55. The van der Waals surface area contributed by atoms with E-state index < -0.39 is 33.7 Å². The van der Waals surface area contributed by atoms with Crippen LogP contribution >= 0.6 is 0 Å². The number of hydrogen-bond acceptors (Lipinski definition) is 4. The average Bonchev–Trinajstić information content (AvgIpc) is 2.78. The highest BCUT2D eigenvalue weighted by atomic mass is 32.2. The third-order valence-corrected chi connectivity index (χ3v) is 4.24. The second-order valence-corrected chi connectivity index (χ2v) is 6.37. The van der Waals surface area contributed by atoms with Crippen LogP contribution in [0.3, 0.4) is 0 Å². The monoisotopic (exact) mass is 384 g/mol. The molecule has 3 rings (SSSR count). The molecule has 12 heteroatoms. The van der Waals surface area contributed by atoms with Gasteiger partial charge in [0, 0.05) is 16.8 Å². The summed E-state index contributed by atoms with van der Waals surface area (Å²) in [5.74, 6) is -1.63. The van der Waals surface area contributed by atoms with Crippen LogP contribution in [0.15, 0.2) is 30.5 Å². The molecule has 0 radical (unpaired) electrons. The quantitative estimate of drug-likeness (QED) is 0.390. The number of nitrogens with zero attached hydrogens (tertiary/aromatic N) is 2. The minimum Gasteiger partial charge on any atom is -0.376 e. The summed E-state index contributed by atoms with van der Waals surface area (Å²) in [7, 11) is -5.96. The van der Waals surface area contributed by atoms with Crippen LogP contribution in [0.25, 0.3) is 21.9 Å². The van der Waals surface area contributed by atoms with Gasteiger partial charge in [-0.05, 0) is 18.2 Å². The van der Waals surface area contributed by atoms with Crippen molar-refractivity contribution in [1.82, 2.24) is 9.55 Å². The molecule has 0 spiro atoms. The number of benzene rings is 1. The van der Waals surface area contributed by atoms with Crippen molar-refractivity contribution in [3.63, 3.8) is 0 Å². The molecular weight excluding hydrogens is 378 g/mol. The Bertz CT molecular complexity index is 1070. The number of halogens is 6. The molecule has 3 aromatic rings. The fourth-order valence-electron chi connectivity index (χ4n) is 2.30. The molecule has 0 saturated heterocycles. The maximum absolute atomic E-state index is 13.3. The van der Waals surface area contributed by atoms with Gasteiger partial charge in [-0.15, -0.1) is 0 Å². The van der Waals surface area contributed by atoms with Crippen LogP contribution in [0.5, 0.6) is 5.75 Å². The summed E-state index contributed by atoms with van der Waals surface area (Å²) in [5, 5.41) is 0.0274. The highest BCUT2D eigenvalue weighted by Gasteiger charge is 2.48. The Kier molecular flexibility index (Phi) is 3.82. The van der Waals surface area contributed by atoms with Crippen molar-refractivity contribution in [2.24, 2.45) is 0 Å². The second-order valence-electron chi connectivity index (χ2n) is 4.83. The van der Waals surface area contributed by atoms with E-state index in [1.807, 2.05) is 0 Å². The molecule has 1 aromatic carbocycles. The second kappa shape index (κ2) is 5.51. The van der Waals surface area contributed by atoms with Crippen molar-refractivity contribution < 1.29 is 38.9 Å². The first-order valence-electron chi connectivity index (χ1n) is 6.39. The Morgan fingerprint density at radius 3 is 2.40 bits per heavy atom. The summed E-state index contributed by atoms with van der Waals surface area (Å²) in [6, 6.07) is 3.49. The van der Waals surface area contributed by atoms with E-state index >= 15 is 0 Å². The normalized spacial score (nSPS) is 13.1. The van der Waals surface area contributed by atoms with Crippen LogP contribution < -0.4 is 4.18 Å². The lowest BCUT2D eigenvalue weighted by molar-refractivity contribution is -0.0500. The highest BCUT2D eigenvalue weighted by Crippen LogP contribution is 2.35. The molecule has 0 unspecified atom stereocenters. The molecule has 25 heavy (non-hydrogen) atoms. The van der Waals surface area contributed by atoms with Gasteiger partial charge in [0.15, 0.2) is 0 Å². The van der Waals surface area contributed by atoms with Crippen LogP contribution in [-0.4, -0.2) is 23.5 Å². The fourth-order valence-corrected chi connectivity index (χ4v) is 2.75. The van der Waals surface area contributed by atoms with Crippen LogP contribution in [0, 0.1) is 5.82 Å². The molecule has 0 bridgehead atoms. The number of fused-ring (bicyclic) bond motifs is 3. The molecule has 0 N–H and O–H groups in total. The van der Waals surface area contributed by atoms with Gasteiger partial charge in [0.2, 0.25) is 0 Å². The van der Waals surface area contributed by atoms with E-state index in [-0.39, 0.29) is 21.9 Å². The van der Waals surface area contributed by atoms with Crippen LogP contribution in [0.1, 0.15) is 6.55 Å². The number of alkyl halides is 5. The number of pyridine rings is 1. The summed E-state index contributed by atoms with van der Waals surface area (Å²) in [6.45, 7) is -3.16. The number of aromatic nitrogens is 2. The fraction of sp³-hybridized carbons (Fsp3) is 0.154. The maximum atomic E-state index is 13.3. The van der Waals surface area contributed by atoms with Crippen LogP contribution in [-0.2, 0) is 10.1 Å². The molecule has 0 amide bonds. The number of rotatable bonds is 3. The predicted molar refractivity (Wildman–Crippen MR) is 74.1 cm³/mol. The lowest BCUT2D eigenvalue weighted by Crippen LogP contribution is -2.28. The predicted octanol–water partition coefficient (Wildman–Crippen LogP) is 3.95. The standard InChI is InChI=1S/C13H6F6N2O3S/c14-6-3-9-8-2-1-7(24-25(22,23)13(17,18)19)4-10(8)21(12(15)16)11(9)20-5-6/h1-5,12H. The summed E-state index contributed by atoms with van der Waals surface area (Å²) in [5.41, 5.74) is -6.36. The van der Waals surface area contributed by atoms with E-state index in [0.717, 1.165) is 18.2 Å². The van der Waals surface area contributed by atoms with E-state index in [1.54, 1.807) is 0 Å². The molecular formula is C13H6F6N2O3S. The van der Waals surface area contributed by atoms with Crippen molar-refractivity contribution in [1.29, 1.82) is 0 Å². The lowest BCUT2D eigenvalue weighted by Gasteiger charge is -2.10. The Labute approximate surface area is 135 Å². The maximum Gasteiger partial charge on any atom is 0.534 e. The Morgan fingerprint density at radius 2 is 1.80 bits per heavy atom. The molecule has 0 aliphatic rings. The van der Waals surface area contributed by atoms with Gasteiger partial charge in [-0.2, -0.15) is 30.4 Å². The van der Waals surface area contributed by atoms with E-state index in [2.05, 4.69) is 9.17 Å². The van der Waals surface area contributed by atoms with E-state index in [4.69, 9.17) is 0 Å². The Morgan fingerprint density at radius 1 is 1.12 bits per heavy atom. The molecule has 2 heterocycles. The number of hydrogen-bond donors (Lipinski definition) is 0. The molecule has 0 saturated carbocycles. The first-order chi connectivity index (χ1) is 11.5. The van der Waals surface area contributed by atoms with Crippen molar-refractivity contribution in [3.8, 4) is 5.75 Å². The van der Waals surface area contributed by atoms with Gasteiger partial charge < -0.3 is 4.18 Å².